The Kier molecular flexibility index (Phi) is 6.67. The molecule has 0 unspecified atom stereocenters. The number of hydrogen-bond acceptors (Lipinski definition) is 7. The number of benzene rings is 3. The molecule has 2 heterocycles. The van der Waals surface area contributed by atoms with E-state index in [1.54, 1.807) is 30.3 Å². The summed E-state index contributed by atoms with van der Waals surface area (Å²) >= 11 is 5.19. The SMILES string of the molecule is COc1cc(OC)c(CN2C(=O)c3ccccc3C2=O)cc1/C=C1\C(=O)NC(=S)N(c2ccc(F)cc2)C1=O. The van der Waals surface area contributed by atoms with Gasteiger partial charge in [-0.05, 0) is 60.8 Å². The molecule has 0 saturated carbocycles. The van der Waals surface area contributed by atoms with E-state index in [0.29, 0.717) is 28.0 Å². The largest absolute Gasteiger partial charge is 0.496 e. The van der Waals surface area contributed by atoms with Crippen LogP contribution in [0.5, 0.6) is 11.5 Å². The number of fused-ring (bicyclic) bond motifs is 1. The number of nitrogens with one attached hydrogen (secondary N) is 1. The first kappa shape index (κ1) is 25.7. The van der Waals surface area contributed by atoms with Gasteiger partial charge in [-0.2, -0.15) is 0 Å². The number of methoxy groups -OCH3 is 2. The van der Waals surface area contributed by atoms with Crippen molar-refractivity contribution in [2.45, 2.75) is 6.54 Å². The van der Waals surface area contributed by atoms with Gasteiger partial charge in [0, 0.05) is 17.2 Å². The summed E-state index contributed by atoms with van der Waals surface area (Å²) in [5, 5.41) is 2.32. The molecule has 2 aliphatic rings. The Hall–Kier alpha value is -4.90. The van der Waals surface area contributed by atoms with E-state index in [4.69, 9.17) is 21.7 Å². The van der Waals surface area contributed by atoms with Crippen LogP contribution in [0.3, 0.4) is 0 Å². The van der Waals surface area contributed by atoms with E-state index in [2.05, 4.69) is 5.32 Å². The second kappa shape index (κ2) is 10.1. The number of amides is 4. The van der Waals surface area contributed by atoms with E-state index in [0.717, 1.165) is 9.80 Å². The van der Waals surface area contributed by atoms with E-state index >= 15 is 0 Å². The molecule has 0 atom stereocenters. The van der Waals surface area contributed by atoms with E-state index in [-0.39, 0.29) is 28.7 Å². The van der Waals surface area contributed by atoms with Gasteiger partial charge in [-0.1, -0.05) is 12.1 Å². The molecule has 11 heteroatoms. The van der Waals surface area contributed by atoms with Crippen LogP contribution in [0.25, 0.3) is 6.08 Å². The molecular formula is C28H20FN3O6S. The van der Waals surface area contributed by atoms with Crippen molar-refractivity contribution in [2.24, 2.45) is 0 Å². The van der Waals surface area contributed by atoms with Crippen molar-refractivity contribution in [1.29, 1.82) is 0 Å². The summed E-state index contributed by atoms with van der Waals surface area (Å²) in [5.41, 5.74) is 1.37. The maximum Gasteiger partial charge on any atom is 0.270 e. The molecule has 1 saturated heterocycles. The van der Waals surface area contributed by atoms with Crippen molar-refractivity contribution >= 4 is 52.7 Å². The van der Waals surface area contributed by atoms with Gasteiger partial charge in [0.05, 0.1) is 37.6 Å². The van der Waals surface area contributed by atoms with E-state index in [9.17, 15) is 23.6 Å². The summed E-state index contributed by atoms with van der Waals surface area (Å²) in [6, 6.07) is 14.7. The average Bonchev–Trinajstić information content (AvgIpc) is 3.17. The number of hydrogen-bond donors (Lipinski definition) is 1. The lowest BCUT2D eigenvalue weighted by molar-refractivity contribution is -0.122. The lowest BCUT2D eigenvalue weighted by Crippen LogP contribution is -2.54. The highest BCUT2D eigenvalue weighted by Gasteiger charge is 2.37. The molecule has 9 nitrogen and oxygen atoms in total. The van der Waals surface area contributed by atoms with Gasteiger partial charge in [0.2, 0.25) is 0 Å². The maximum absolute atomic E-state index is 13.4. The van der Waals surface area contributed by atoms with Gasteiger partial charge in [-0.3, -0.25) is 34.3 Å². The fourth-order valence-corrected chi connectivity index (χ4v) is 4.70. The predicted molar refractivity (Wildman–Crippen MR) is 143 cm³/mol. The first-order chi connectivity index (χ1) is 18.7. The highest BCUT2D eigenvalue weighted by Crippen LogP contribution is 2.34. The highest BCUT2D eigenvalue weighted by molar-refractivity contribution is 7.80. The quantitative estimate of drug-likeness (QED) is 0.219. The first-order valence-electron chi connectivity index (χ1n) is 11.6. The van der Waals surface area contributed by atoms with Gasteiger partial charge in [0.1, 0.15) is 22.9 Å². The number of anilines is 1. The van der Waals surface area contributed by atoms with Gasteiger partial charge in [-0.25, -0.2) is 4.39 Å². The molecule has 5 rings (SSSR count). The van der Waals surface area contributed by atoms with Crippen LogP contribution >= 0.6 is 12.2 Å². The number of thiocarbonyl (C=S) groups is 1. The molecule has 39 heavy (non-hydrogen) atoms. The molecule has 1 fully saturated rings. The van der Waals surface area contributed by atoms with E-state index in [1.807, 2.05) is 0 Å². The number of imide groups is 1. The van der Waals surface area contributed by atoms with E-state index < -0.39 is 29.4 Å². The van der Waals surface area contributed by atoms with Crippen LogP contribution in [0.1, 0.15) is 31.8 Å². The number of ether oxygens (including phenoxy) is 2. The van der Waals surface area contributed by atoms with Crippen LogP contribution in [0.15, 0.2) is 66.2 Å². The zero-order valence-corrected chi connectivity index (χ0v) is 21.5. The third-order valence-corrected chi connectivity index (χ3v) is 6.61. The van der Waals surface area contributed by atoms with Crippen molar-refractivity contribution in [3.05, 3.63) is 94.3 Å². The van der Waals surface area contributed by atoms with E-state index in [1.165, 1.54) is 50.6 Å². The molecule has 3 aromatic rings. The van der Waals surface area contributed by atoms with Crippen LogP contribution in [0.2, 0.25) is 0 Å². The minimum Gasteiger partial charge on any atom is -0.496 e. The third kappa shape index (κ3) is 4.53. The molecule has 2 aliphatic heterocycles. The molecular weight excluding hydrogens is 525 g/mol. The van der Waals surface area contributed by atoms with Crippen molar-refractivity contribution in [3.8, 4) is 11.5 Å². The van der Waals surface area contributed by atoms with Gasteiger partial charge < -0.3 is 9.47 Å². The smallest absolute Gasteiger partial charge is 0.270 e. The molecule has 196 valence electrons. The Morgan fingerprint density at radius 2 is 1.49 bits per heavy atom. The standard InChI is InChI=1S/C28H20FN3O6S/c1-37-22-13-23(38-2)16(14-31-25(34)19-5-3-4-6-20(19)26(31)35)11-15(22)12-21-24(33)30-28(39)32(27(21)36)18-9-7-17(29)8-10-18/h3-13H,14H2,1-2H3,(H,30,33,39)/b21-12+. The zero-order valence-electron chi connectivity index (χ0n) is 20.7. The molecule has 0 aliphatic carbocycles. The summed E-state index contributed by atoms with van der Waals surface area (Å²) in [7, 11) is 2.84. The highest BCUT2D eigenvalue weighted by atomic mass is 32.1. The Morgan fingerprint density at radius 3 is 2.08 bits per heavy atom. The van der Waals surface area contributed by atoms with Crippen LogP contribution in [-0.4, -0.2) is 47.9 Å². The summed E-state index contributed by atoms with van der Waals surface area (Å²) in [6.45, 7) is -0.123. The number of nitrogens with zero attached hydrogens (tertiary/aromatic N) is 2. The Balaban J connectivity index is 1.54. The molecule has 0 bridgehead atoms. The van der Waals surface area contributed by atoms with Crippen LogP contribution < -0.4 is 19.7 Å². The third-order valence-electron chi connectivity index (χ3n) is 6.33. The van der Waals surface area contributed by atoms with Gasteiger partial charge in [0.15, 0.2) is 5.11 Å². The van der Waals surface area contributed by atoms with Crippen LogP contribution in [0, 0.1) is 5.82 Å². The summed E-state index contributed by atoms with van der Waals surface area (Å²) in [6.07, 6.45) is 1.32. The Labute approximate surface area is 227 Å². The van der Waals surface area contributed by atoms with Gasteiger partial charge in [-0.15, -0.1) is 0 Å². The Bertz CT molecular complexity index is 1570. The number of carbonyl (C=O) groups excluding carboxylic acids is 4. The molecule has 0 radical (unpaired) electrons. The number of carbonyl (C=O) groups is 4. The van der Waals surface area contributed by atoms with Gasteiger partial charge >= 0.3 is 0 Å². The average molecular weight is 546 g/mol. The van der Waals surface area contributed by atoms with Crippen molar-refractivity contribution < 1.29 is 33.0 Å². The normalized spacial score (nSPS) is 16.1. The summed E-state index contributed by atoms with van der Waals surface area (Å²) in [4.78, 5) is 54.2. The predicted octanol–water partition coefficient (Wildman–Crippen LogP) is 3.47. The topological polar surface area (TPSA) is 105 Å². The second-order valence-corrected chi connectivity index (χ2v) is 8.97. The lowest BCUT2D eigenvalue weighted by Gasteiger charge is -2.29. The Morgan fingerprint density at radius 1 is 0.872 bits per heavy atom. The molecule has 1 N–H and O–H groups in total. The molecule has 4 amide bonds. The second-order valence-electron chi connectivity index (χ2n) is 8.58. The zero-order chi connectivity index (χ0) is 27.8. The first-order valence-corrected chi connectivity index (χ1v) is 12.0. The lowest BCUT2D eigenvalue weighted by atomic mass is 10.0. The molecule has 3 aromatic carbocycles. The van der Waals surface area contributed by atoms with Crippen molar-refractivity contribution in [3.63, 3.8) is 0 Å². The fraction of sp³-hybridized carbons (Fsp3) is 0.107. The number of rotatable bonds is 6. The van der Waals surface area contributed by atoms with Gasteiger partial charge in [0.25, 0.3) is 23.6 Å². The number of halogens is 1. The van der Waals surface area contributed by atoms with Crippen molar-refractivity contribution in [1.82, 2.24) is 10.2 Å². The monoisotopic (exact) mass is 545 g/mol. The minimum atomic E-state index is -0.733. The summed E-state index contributed by atoms with van der Waals surface area (Å²) < 4.78 is 24.4. The van der Waals surface area contributed by atoms with Crippen molar-refractivity contribution in [2.75, 3.05) is 19.1 Å². The van der Waals surface area contributed by atoms with Crippen LogP contribution in [-0.2, 0) is 16.1 Å². The summed E-state index contributed by atoms with van der Waals surface area (Å²) in [5.74, 6) is -2.25. The molecule has 0 spiro atoms. The minimum absolute atomic E-state index is 0.123. The molecule has 0 aromatic heterocycles. The fourth-order valence-electron chi connectivity index (χ4n) is 4.42. The van der Waals surface area contributed by atoms with Crippen LogP contribution in [0.4, 0.5) is 10.1 Å². The maximum atomic E-state index is 13.4.